The maximum Gasteiger partial charge on any atom is 0.249 e. The molecule has 2 rings (SSSR count). The molecule has 1 aromatic carbocycles. The average molecular weight is 619 g/mol. The molecular weight excluding hydrogens is 595 g/mol. The number of amides is 1. The number of aryl methyl sites for hydroxylation is 1. The number of carbonyl (C=O) groups is 1. The molecule has 0 atom stereocenters. The molecule has 0 aliphatic carbocycles. The number of piperidine rings is 1. The summed E-state index contributed by atoms with van der Waals surface area (Å²) in [5.74, 6) is -0.233. The number of likely N-dealkylation sites (tertiary alicyclic amines) is 1. The van der Waals surface area contributed by atoms with Crippen LogP contribution in [-0.2, 0) is 43.9 Å². The van der Waals surface area contributed by atoms with Crippen molar-refractivity contribution in [3.05, 3.63) is 43.3 Å². The first-order valence-electron chi connectivity index (χ1n) is 6.89. The van der Waals surface area contributed by atoms with Gasteiger partial charge in [-0.15, -0.1) is 0 Å². The fraction of sp³-hybridized carbons (Fsp3) is 0.500. The Labute approximate surface area is 188 Å². The monoisotopic (exact) mass is 619 g/mol. The summed E-state index contributed by atoms with van der Waals surface area (Å²) >= 11 is 4.24. The molecule has 1 radical (unpaired) electrons. The summed E-state index contributed by atoms with van der Waals surface area (Å²) in [5, 5.41) is 9.00. The van der Waals surface area contributed by atoms with E-state index >= 15 is 0 Å². The minimum absolute atomic E-state index is 0. The second kappa shape index (κ2) is 14.4. The van der Waals surface area contributed by atoms with E-state index in [1.165, 1.54) is 5.56 Å². The van der Waals surface area contributed by atoms with E-state index in [-0.39, 0.29) is 46.0 Å². The Morgan fingerprint density at radius 2 is 1.87 bits per heavy atom. The molecule has 1 heterocycles. The van der Waals surface area contributed by atoms with E-state index in [0.717, 1.165) is 38.8 Å². The van der Waals surface area contributed by atoms with Gasteiger partial charge in [0, 0.05) is 69.9 Å². The van der Waals surface area contributed by atoms with Crippen LogP contribution in [0.4, 0.5) is 0 Å². The zero-order valence-corrected chi connectivity index (χ0v) is 20.8. The van der Waals surface area contributed by atoms with Crippen LogP contribution in [0, 0.1) is 18.9 Å². The normalized spacial score (nSPS) is 16.0. The summed E-state index contributed by atoms with van der Waals surface area (Å²) in [7, 11) is 2.06. The third kappa shape index (κ3) is 8.40. The molecule has 1 aliphatic rings. The van der Waals surface area contributed by atoms with Crippen LogP contribution in [0.1, 0.15) is 24.8 Å². The molecule has 1 aromatic rings. The van der Waals surface area contributed by atoms with Crippen molar-refractivity contribution in [2.45, 2.75) is 25.7 Å². The van der Waals surface area contributed by atoms with Gasteiger partial charge in [-0.3, -0.25) is 10.0 Å². The fourth-order valence-electron chi connectivity index (χ4n) is 2.73. The Morgan fingerprint density at radius 3 is 2.35 bits per heavy atom. The van der Waals surface area contributed by atoms with Gasteiger partial charge in [0.25, 0.3) is 0 Å². The zero-order valence-electron chi connectivity index (χ0n) is 13.7. The van der Waals surface area contributed by atoms with Crippen molar-refractivity contribution < 1.29 is 42.7 Å². The van der Waals surface area contributed by atoms with Gasteiger partial charge in [-0.05, 0) is 45.8 Å². The first-order valence-corrected chi connectivity index (χ1v) is 13.2. The number of hydroxylamine groups is 1. The number of halogens is 2. The van der Waals surface area contributed by atoms with E-state index in [2.05, 4.69) is 55.2 Å². The number of rotatable bonds is 4. The first kappa shape index (κ1) is 26.4. The summed E-state index contributed by atoms with van der Waals surface area (Å²) in [6.45, 7) is 1.80. The Hall–Kier alpha value is 1.17. The summed E-state index contributed by atoms with van der Waals surface area (Å²) in [4.78, 5) is 14.3. The number of nitrogens with zero attached hydrogens (tertiary/aromatic N) is 1. The average Bonchev–Trinajstić information content (AvgIpc) is 2.57. The van der Waals surface area contributed by atoms with Crippen LogP contribution in [0.15, 0.2) is 24.3 Å². The number of carbonyl (C=O) groups excluding carboxylic acids is 1. The molecule has 129 valence electrons. The van der Waals surface area contributed by atoms with Gasteiger partial charge in [-0.1, -0.05) is 0 Å². The van der Waals surface area contributed by atoms with Gasteiger partial charge in [0.05, 0.1) is 5.41 Å². The van der Waals surface area contributed by atoms with E-state index in [1.54, 1.807) is 0 Å². The second-order valence-electron chi connectivity index (χ2n) is 5.43. The van der Waals surface area contributed by atoms with E-state index in [9.17, 15) is 4.79 Å². The number of hydrogen-bond acceptors (Lipinski definition) is 3. The Kier molecular flexibility index (Phi) is 16.5. The Morgan fingerprint density at radius 1 is 1.35 bits per heavy atom. The molecule has 1 fully saturated rings. The number of hydrogen-bond donors (Lipinski definition) is 2. The van der Waals surface area contributed by atoms with Crippen LogP contribution >= 0.6 is 37.2 Å². The van der Waals surface area contributed by atoms with E-state index in [4.69, 9.17) is 5.21 Å². The van der Waals surface area contributed by atoms with Gasteiger partial charge >= 0.3 is 0 Å². The smallest absolute Gasteiger partial charge is 0.249 e. The van der Waals surface area contributed by atoms with Crippen LogP contribution < -0.4 is 5.48 Å². The standard InChI is InChI=1S/C15H21N2O2.CH3.I2.Y/c1-17-11-9-15(10-12-17,14(18)16-19)8-7-13-5-3-2-4-6-13;;1-2;/h3-6,19H,7-12H2,1H3,(H,16,18);1H3;;/q2*-1;;. The maximum atomic E-state index is 12.0. The van der Waals surface area contributed by atoms with Gasteiger partial charge in [0.1, 0.15) is 0 Å². The number of benzene rings is 1. The second-order valence-corrected chi connectivity index (χ2v) is 5.43. The predicted molar refractivity (Wildman–Crippen MR) is 107 cm³/mol. The Balaban J connectivity index is 0. The molecular formula is C16H24I2N2O2Y-2. The number of nitrogens with one attached hydrogen (secondary N) is 1. The third-order valence-electron chi connectivity index (χ3n) is 4.21. The van der Waals surface area contributed by atoms with Crippen LogP contribution in [0.5, 0.6) is 0 Å². The summed E-state index contributed by atoms with van der Waals surface area (Å²) in [6, 6.07) is 10.8. The van der Waals surface area contributed by atoms with Crippen molar-refractivity contribution in [2.75, 3.05) is 20.1 Å². The SMILES string of the molecule is CN1CCC(CCc2cc[c-]cc2)(C(=O)NO)CC1.II.[CH3-].[Y]. The predicted octanol–water partition coefficient (Wildman–Crippen LogP) is 3.86. The van der Waals surface area contributed by atoms with Crippen molar-refractivity contribution in [3.8, 4) is 0 Å². The Bertz CT molecular complexity index is 427. The molecule has 4 nitrogen and oxygen atoms in total. The molecule has 0 spiro atoms. The first-order chi connectivity index (χ1) is 10.2. The summed E-state index contributed by atoms with van der Waals surface area (Å²) < 4.78 is 0. The largest absolute Gasteiger partial charge is 0.358 e. The van der Waals surface area contributed by atoms with Crippen molar-refractivity contribution in [1.29, 1.82) is 0 Å². The van der Waals surface area contributed by atoms with Gasteiger partial charge in [-0.25, -0.2) is 5.48 Å². The van der Waals surface area contributed by atoms with E-state index in [1.807, 2.05) is 29.7 Å². The van der Waals surface area contributed by atoms with E-state index in [0.29, 0.717) is 0 Å². The van der Waals surface area contributed by atoms with Crippen molar-refractivity contribution in [2.24, 2.45) is 5.41 Å². The molecule has 1 amide bonds. The topological polar surface area (TPSA) is 52.6 Å². The van der Waals surface area contributed by atoms with Crippen molar-refractivity contribution >= 4 is 43.1 Å². The van der Waals surface area contributed by atoms with Crippen LogP contribution in [0.25, 0.3) is 0 Å². The molecule has 2 N–H and O–H groups in total. The molecule has 0 saturated carbocycles. The van der Waals surface area contributed by atoms with Gasteiger partial charge < -0.3 is 12.3 Å². The summed E-state index contributed by atoms with van der Waals surface area (Å²) in [6.07, 6.45) is 3.23. The minimum Gasteiger partial charge on any atom is -0.358 e. The van der Waals surface area contributed by atoms with Crippen molar-refractivity contribution in [3.63, 3.8) is 0 Å². The molecule has 23 heavy (non-hydrogen) atoms. The molecule has 7 heteroatoms. The molecule has 0 aromatic heterocycles. The quantitative estimate of drug-likeness (QED) is 0.233. The molecule has 1 aliphatic heterocycles. The van der Waals surface area contributed by atoms with Gasteiger partial charge in [-0.2, -0.15) is 35.9 Å². The van der Waals surface area contributed by atoms with E-state index < -0.39 is 5.41 Å². The van der Waals surface area contributed by atoms with Crippen LogP contribution in [-0.4, -0.2) is 36.2 Å². The van der Waals surface area contributed by atoms with Crippen LogP contribution in [0.2, 0.25) is 0 Å². The molecule has 1 saturated heterocycles. The maximum absolute atomic E-state index is 12.0. The van der Waals surface area contributed by atoms with Gasteiger partial charge in [0.2, 0.25) is 5.91 Å². The third-order valence-corrected chi connectivity index (χ3v) is 4.21. The minimum atomic E-state index is -0.430. The fourth-order valence-corrected chi connectivity index (χ4v) is 2.73. The zero-order chi connectivity index (χ0) is 15.7. The van der Waals surface area contributed by atoms with Crippen LogP contribution in [0.3, 0.4) is 0 Å². The van der Waals surface area contributed by atoms with Crippen molar-refractivity contribution in [1.82, 2.24) is 10.4 Å². The van der Waals surface area contributed by atoms with Gasteiger partial charge in [0.15, 0.2) is 0 Å². The molecule has 0 unspecified atom stereocenters. The summed E-state index contributed by atoms with van der Waals surface area (Å²) in [5.41, 5.74) is 2.64. The molecule has 0 bridgehead atoms.